The molecule has 5 rings (SSSR count). The molecule has 9 heteroatoms. The zero-order valence-corrected chi connectivity index (χ0v) is 20.3. The molecule has 0 saturated carbocycles. The molecule has 190 valence electrons. The third-order valence-electron chi connectivity index (χ3n) is 6.34. The normalized spacial score (nSPS) is 18.2. The minimum atomic E-state index is -0.752. The first-order valence-corrected chi connectivity index (χ1v) is 12.1. The lowest BCUT2D eigenvalue weighted by Gasteiger charge is -2.25. The van der Waals surface area contributed by atoms with Crippen molar-refractivity contribution in [3.63, 3.8) is 0 Å². The molecule has 1 amide bonds. The maximum atomic E-state index is 13.3. The molecular formula is C28H28N3O6+. The van der Waals surface area contributed by atoms with Crippen LogP contribution in [0, 0.1) is 0 Å². The van der Waals surface area contributed by atoms with E-state index in [4.69, 9.17) is 14.2 Å². The van der Waals surface area contributed by atoms with E-state index in [1.165, 1.54) is 4.90 Å². The number of aliphatic hydroxyl groups excluding tert-OH is 1. The van der Waals surface area contributed by atoms with Gasteiger partial charge in [0.05, 0.1) is 18.2 Å². The third-order valence-corrected chi connectivity index (χ3v) is 6.34. The number of hydrogen-bond acceptors (Lipinski definition) is 6. The molecule has 2 aliphatic rings. The molecule has 1 fully saturated rings. The zero-order valence-electron chi connectivity index (χ0n) is 20.3. The van der Waals surface area contributed by atoms with Crippen molar-refractivity contribution in [3.05, 3.63) is 90.5 Å². The second-order valence-corrected chi connectivity index (χ2v) is 8.72. The number of rotatable bonds is 9. The predicted octanol–water partition coefficient (Wildman–Crippen LogP) is 3.15. The van der Waals surface area contributed by atoms with Crippen molar-refractivity contribution in [2.45, 2.75) is 19.0 Å². The summed E-state index contributed by atoms with van der Waals surface area (Å²) in [4.78, 5) is 31.0. The molecule has 1 atom stereocenters. The predicted molar refractivity (Wildman–Crippen MR) is 134 cm³/mol. The Hall–Kier alpha value is -4.53. The molecule has 2 N–H and O–H groups in total. The Morgan fingerprint density at radius 1 is 1.16 bits per heavy atom. The summed E-state index contributed by atoms with van der Waals surface area (Å²) in [5, 5.41) is 11.3. The standard InChI is InChI=1S/C28H27N3O6/c1-2-14-35-21-7-4-19(5-8-21)25-24(26(32)20-6-9-22-23(17-20)37-16-15-36-22)27(33)28(34)31(25)12-3-11-30-13-10-29-18-30/h2,4-10,13,17-18,25H,1,3,11-12,14-16H2,(H,32,33)/p+1. The second kappa shape index (κ2) is 10.6. The first-order valence-electron chi connectivity index (χ1n) is 12.1. The summed E-state index contributed by atoms with van der Waals surface area (Å²) in [6, 6.07) is 11.4. The molecule has 3 aromatic rings. The van der Waals surface area contributed by atoms with Gasteiger partial charge in [-0.1, -0.05) is 24.8 Å². The summed E-state index contributed by atoms with van der Waals surface area (Å²) in [6.45, 7) is 5.84. The van der Waals surface area contributed by atoms with E-state index in [1.54, 1.807) is 48.5 Å². The number of imidazole rings is 1. The number of ether oxygens (including phenoxy) is 3. The van der Waals surface area contributed by atoms with Gasteiger partial charge < -0.3 is 24.2 Å². The number of nitrogens with zero attached hydrogens (tertiary/aromatic N) is 2. The van der Waals surface area contributed by atoms with Crippen LogP contribution in [-0.2, 0) is 16.1 Å². The molecule has 2 aliphatic heterocycles. The largest absolute Gasteiger partial charge is 0.507 e. The van der Waals surface area contributed by atoms with Crippen molar-refractivity contribution in [2.24, 2.45) is 0 Å². The number of hydrogen-bond donors (Lipinski definition) is 2. The summed E-state index contributed by atoms with van der Waals surface area (Å²) < 4.78 is 18.8. The lowest BCUT2D eigenvalue weighted by Crippen LogP contribution is -2.36. The lowest BCUT2D eigenvalue weighted by molar-refractivity contribution is -0.695. The van der Waals surface area contributed by atoms with Crippen LogP contribution in [0.15, 0.2) is 79.4 Å². The fraction of sp³-hybridized carbons (Fsp3) is 0.250. The molecule has 2 aromatic carbocycles. The Kier molecular flexibility index (Phi) is 6.93. The Bertz CT molecular complexity index is 1330. The highest BCUT2D eigenvalue weighted by atomic mass is 16.6. The van der Waals surface area contributed by atoms with Gasteiger partial charge in [-0.2, -0.15) is 0 Å². The van der Waals surface area contributed by atoms with Crippen LogP contribution in [0.3, 0.4) is 0 Å². The molecule has 37 heavy (non-hydrogen) atoms. The number of Topliss-reactive ketones (excluding diaryl/α,β-unsaturated/α-hetero) is 1. The van der Waals surface area contributed by atoms with Crippen molar-refractivity contribution in [3.8, 4) is 17.2 Å². The average Bonchev–Trinajstić information content (AvgIpc) is 3.54. The summed E-state index contributed by atoms with van der Waals surface area (Å²) in [5.74, 6) is 0.0606. The first kappa shape index (κ1) is 24.2. The summed E-state index contributed by atoms with van der Waals surface area (Å²) in [5.41, 5.74) is 1.11. The highest BCUT2D eigenvalue weighted by Gasteiger charge is 2.46. The van der Waals surface area contributed by atoms with Gasteiger partial charge in [0, 0.05) is 18.5 Å². The number of carbonyl (C=O) groups is 2. The minimum Gasteiger partial charge on any atom is -0.507 e. The Morgan fingerprint density at radius 2 is 1.95 bits per heavy atom. The van der Waals surface area contributed by atoms with E-state index in [0.717, 1.165) is 0 Å². The number of aryl methyl sites for hydroxylation is 1. The molecule has 3 heterocycles. The van der Waals surface area contributed by atoms with Crippen LogP contribution in [0.4, 0.5) is 0 Å². The molecule has 1 unspecified atom stereocenters. The number of amides is 1. The topological polar surface area (TPSA) is 105 Å². The van der Waals surface area contributed by atoms with E-state index in [9.17, 15) is 14.7 Å². The number of fused-ring (bicyclic) bond motifs is 1. The van der Waals surface area contributed by atoms with Gasteiger partial charge in [-0.25, -0.2) is 4.57 Å². The van der Waals surface area contributed by atoms with Crippen molar-refractivity contribution in [1.29, 1.82) is 0 Å². The highest BCUT2D eigenvalue weighted by molar-refractivity contribution is 6.46. The van der Waals surface area contributed by atoms with Gasteiger partial charge in [-0.15, -0.1) is 0 Å². The number of benzene rings is 2. The quantitative estimate of drug-likeness (QED) is 0.153. The minimum absolute atomic E-state index is 0.0377. The van der Waals surface area contributed by atoms with E-state index in [1.807, 2.05) is 23.3 Å². The van der Waals surface area contributed by atoms with Crippen molar-refractivity contribution in [2.75, 3.05) is 26.4 Å². The smallest absolute Gasteiger partial charge is 0.295 e. The molecule has 0 spiro atoms. The third kappa shape index (κ3) is 4.93. The monoisotopic (exact) mass is 502 g/mol. The van der Waals surface area contributed by atoms with Gasteiger partial charge in [-0.05, 0) is 35.9 Å². The van der Waals surface area contributed by atoms with Crippen molar-refractivity contribution in [1.82, 2.24) is 9.88 Å². The summed E-state index contributed by atoms with van der Waals surface area (Å²) >= 11 is 0. The van der Waals surface area contributed by atoms with Gasteiger partial charge in [0.1, 0.15) is 43.7 Å². The molecule has 0 bridgehead atoms. The van der Waals surface area contributed by atoms with Gasteiger partial charge >= 0.3 is 0 Å². The maximum Gasteiger partial charge on any atom is 0.295 e. The molecule has 1 saturated heterocycles. The van der Waals surface area contributed by atoms with Crippen LogP contribution in [0.2, 0.25) is 0 Å². The lowest BCUT2D eigenvalue weighted by atomic mass is 9.95. The van der Waals surface area contributed by atoms with Crippen LogP contribution < -0.4 is 18.8 Å². The molecule has 0 radical (unpaired) electrons. The fourth-order valence-electron chi connectivity index (χ4n) is 4.59. The van der Waals surface area contributed by atoms with E-state index >= 15 is 0 Å². The first-order chi connectivity index (χ1) is 18.1. The van der Waals surface area contributed by atoms with E-state index < -0.39 is 17.7 Å². The number of ketones is 1. The second-order valence-electron chi connectivity index (χ2n) is 8.72. The molecule has 0 aliphatic carbocycles. The Morgan fingerprint density at radius 3 is 2.68 bits per heavy atom. The maximum absolute atomic E-state index is 13.3. The van der Waals surface area contributed by atoms with Crippen LogP contribution in [0.25, 0.3) is 5.76 Å². The van der Waals surface area contributed by atoms with Crippen molar-refractivity contribution < 1.29 is 33.5 Å². The van der Waals surface area contributed by atoms with Gasteiger partial charge in [0.25, 0.3) is 11.7 Å². The number of likely N-dealkylation sites (tertiary alicyclic amines) is 1. The Balaban J connectivity index is 1.51. The average molecular weight is 503 g/mol. The van der Waals surface area contributed by atoms with Gasteiger partial charge in [0.2, 0.25) is 6.33 Å². The van der Waals surface area contributed by atoms with Gasteiger partial charge in [0.15, 0.2) is 11.5 Å². The SMILES string of the molecule is C=CCOc1ccc(C2C(=C(O)c3ccc4c(c3)OCCO4)C(=O)C(=O)N2CCC[n+]2cc[nH]c2)cc1. The van der Waals surface area contributed by atoms with Crippen LogP contribution in [0.1, 0.15) is 23.6 Å². The fourth-order valence-corrected chi connectivity index (χ4v) is 4.59. The van der Waals surface area contributed by atoms with E-state index in [2.05, 4.69) is 11.6 Å². The number of H-pyrrole nitrogens is 1. The Labute approximate surface area is 214 Å². The summed E-state index contributed by atoms with van der Waals surface area (Å²) in [7, 11) is 0. The zero-order chi connectivity index (χ0) is 25.8. The van der Waals surface area contributed by atoms with E-state index in [0.29, 0.717) is 67.7 Å². The number of aromatic amines is 1. The highest BCUT2D eigenvalue weighted by Crippen LogP contribution is 2.41. The number of aromatic nitrogens is 2. The van der Waals surface area contributed by atoms with Crippen LogP contribution in [-0.4, -0.2) is 53.0 Å². The molecular weight excluding hydrogens is 474 g/mol. The number of aliphatic hydroxyl groups is 1. The van der Waals surface area contributed by atoms with Crippen LogP contribution >= 0.6 is 0 Å². The number of nitrogens with one attached hydrogen (secondary N) is 1. The molecule has 1 aromatic heterocycles. The van der Waals surface area contributed by atoms with Crippen molar-refractivity contribution >= 4 is 17.4 Å². The molecule has 9 nitrogen and oxygen atoms in total. The summed E-state index contributed by atoms with van der Waals surface area (Å²) in [6.07, 6.45) is 7.82. The van der Waals surface area contributed by atoms with E-state index in [-0.39, 0.29) is 11.3 Å². The van der Waals surface area contributed by atoms with Gasteiger partial charge in [-0.3, -0.25) is 14.6 Å². The number of carbonyl (C=O) groups excluding carboxylic acids is 2. The van der Waals surface area contributed by atoms with Crippen LogP contribution in [0.5, 0.6) is 17.2 Å².